The largest absolute Gasteiger partial charge is 0.369 e. The minimum Gasteiger partial charge on any atom is -0.369 e. The highest BCUT2D eigenvalue weighted by atomic mass is 79.9. The summed E-state index contributed by atoms with van der Waals surface area (Å²) < 4.78 is 27.0. The topological polar surface area (TPSA) is 32.3 Å². The molecule has 126 valence electrons. The number of piperidine rings is 1. The highest BCUT2D eigenvalue weighted by molar-refractivity contribution is 9.10. The van der Waals surface area contributed by atoms with Crippen LogP contribution < -0.4 is 10.2 Å². The molecule has 1 atom stereocenters. The molecule has 0 saturated carbocycles. The molecule has 0 radical (unpaired) electrons. The summed E-state index contributed by atoms with van der Waals surface area (Å²) in [6, 6.07) is 10.4. The fraction of sp³-hybridized carbons (Fsp3) is 0.278. The van der Waals surface area contributed by atoms with Gasteiger partial charge in [-0.05, 0) is 65.2 Å². The first kappa shape index (κ1) is 16.9. The molecule has 3 rings (SSSR count). The third-order valence-electron chi connectivity index (χ3n) is 4.11. The van der Waals surface area contributed by atoms with Crippen LogP contribution in [0.2, 0.25) is 0 Å². The second kappa shape index (κ2) is 7.30. The van der Waals surface area contributed by atoms with Crippen LogP contribution in [0.15, 0.2) is 46.9 Å². The molecule has 0 aliphatic carbocycles. The number of anilines is 1. The molecular weight excluding hydrogens is 378 g/mol. The van der Waals surface area contributed by atoms with E-state index >= 15 is 0 Å². The summed E-state index contributed by atoms with van der Waals surface area (Å²) in [5.41, 5.74) is 1.22. The molecule has 6 heteroatoms. The molecule has 1 heterocycles. The number of carbonyl (C=O) groups is 1. The normalized spacial score (nSPS) is 17.6. The van der Waals surface area contributed by atoms with Crippen molar-refractivity contribution < 1.29 is 13.6 Å². The zero-order valence-electron chi connectivity index (χ0n) is 12.9. The van der Waals surface area contributed by atoms with Crippen LogP contribution in [0.4, 0.5) is 14.5 Å². The molecule has 1 saturated heterocycles. The third kappa shape index (κ3) is 3.93. The monoisotopic (exact) mass is 394 g/mol. The number of hydrogen-bond acceptors (Lipinski definition) is 2. The lowest BCUT2D eigenvalue weighted by Crippen LogP contribution is -2.47. The number of halogens is 3. The van der Waals surface area contributed by atoms with Gasteiger partial charge in [0, 0.05) is 29.3 Å². The van der Waals surface area contributed by atoms with E-state index in [0.29, 0.717) is 16.6 Å². The molecule has 0 bridgehead atoms. The predicted molar refractivity (Wildman–Crippen MR) is 93.2 cm³/mol. The first-order chi connectivity index (χ1) is 11.5. The molecule has 1 amide bonds. The third-order valence-corrected chi connectivity index (χ3v) is 4.76. The Morgan fingerprint density at radius 1 is 1.17 bits per heavy atom. The Kier molecular flexibility index (Phi) is 5.14. The molecule has 1 N–H and O–H groups in total. The number of amides is 1. The first-order valence-corrected chi connectivity index (χ1v) is 8.58. The van der Waals surface area contributed by atoms with Crippen molar-refractivity contribution in [1.29, 1.82) is 0 Å². The lowest BCUT2D eigenvalue weighted by molar-refractivity contribution is 0.0932. The zero-order chi connectivity index (χ0) is 17.1. The Labute approximate surface area is 147 Å². The van der Waals surface area contributed by atoms with Crippen molar-refractivity contribution in [1.82, 2.24) is 5.32 Å². The van der Waals surface area contributed by atoms with E-state index < -0.39 is 5.82 Å². The highest BCUT2D eigenvalue weighted by Gasteiger charge is 2.23. The van der Waals surface area contributed by atoms with Gasteiger partial charge in [-0.2, -0.15) is 0 Å². The fourth-order valence-electron chi connectivity index (χ4n) is 2.94. The number of rotatable bonds is 3. The molecule has 2 aromatic carbocycles. The van der Waals surface area contributed by atoms with Gasteiger partial charge >= 0.3 is 0 Å². The van der Waals surface area contributed by atoms with E-state index in [1.165, 1.54) is 30.3 Å². The molecule has 2 aromatic rings. The standard InChI is InChI=1S/C18H17BrF2N2O/c19-17-10-13(21)6-7-16(17)18(24)22-14-4-2-8-23(11-14)15-5-1-3-12(20)9-15/h1,3,5-7,9-10,14H,2,4,8,11H2,(H,22,24). The number of benzene rings is 2. The van der Waals surface area contributed by atoms with Crippen LogP contribution >= 0.6 is 15.9 Å². The van der Waals surface area contributed by atoms with Crippen molar-refractivity contribution in [3.05, 3.63) is 64.1 Å². The number of nitrogens with zero attached hydrogens (tertiary/aromatic N) is 1. The molecule has 0 aromatic heterocycles. The second-order valence-corrected chi connectivity index (χ2v) is 6.72. The summed E-state index contributed by atoms with van der Waals surface area (Å²) in [6.45, 7) is 1.45. The maximum Gasteiger partial charge on any atom is 0.252 e. The molecule has 1 aliphatic rings. The van der Waals surface area contributed by atoms with Crippen molar-refractivity contribution >= 4 is 27.5 Å². The van der Waals surface area contributed by atoms with Crippen molar-refractivity contribution in [3.8, 4) is 0 Å². The van der Waals surface area contributed by atoms with E-state index in [9.17, 15) is 13.6 Å². The minimum atomic E-state index is -0.395. The van der Waals surface area contributed by atoms with E-state index in [-0.39, 0.29) is 17.8 Å². The van der Waals surface area contributed by atoms with Gasteiger partial charge in [-0.15, -0.1) is 0 Å². The fourth-order valence-corrected chi connectivity index (χ4v) is 3.47. The van der Waals surface area contributed by atoms with Gasteiger partial charge in [-0.1, -0.05) is 6.07 Å². The van der Waals surface area contributed by atoms with E-state index in [2.05, 4.69) is 26.1 Å². The summed E-state index contributed by atoms with van der Waals surface area (Å²) >= 11 is 3.22. The average molecular weight is 395 g/mol. The van der Waals surface area contributed by atoms with Crippen molar-refractivity contribution in [3.63, 3.8) is 0 Å². The van der Waals surface area contributed by atoms with Crippen LogP contribution in [-0.4, -0.2) is 25.0 Å². The highest BCUT2D eigenvalue weighted by Crippen LogP contribution is 2.22. The summed E-state index contributed by atoms with van der Waals surface area (Å²) in [7, 11) is 0. The first-order valence-electron chi connectivity index (χ1n) is 7.79. The molecule has 1 unspecified atom stereocenters. The van der Waals surface area contributed by atoms with Gasteiger partial charge in [-0.3, -0.25) is 4.79 Å². The van der Waals surface area contributed by atoms with Crippen molar-refractivity contribution in [2.45, 2.75) is 18.9 Å². The Morgan fingerprint density at radius 3 is 2.71 bits per heavy atom. The van der Waals surface area contributed by atoms with Crippen LogP contribution in [0.25, 0.3) is 0 Å². The summed E-state index contributed by atoms with van der Waals surface area (Å²) in [6.07, 6.45) is 1.77. The molecular formula is C18H17BrF2N2O. The summed E-state index contributed by atoms with van der Waals surface area (Å²) in [4.78, 5) is 14.5. The van der Waals surface area contributed by atoms with Crippen LogP contribution in [-0.2, 0) is 0 Å². The quantitative estimate of drug-likeness (QED) is 0.848. The van der Waals surface area contributed by atoms with Crippen LogP contribution in [0.3, 0.4) is 0 Å². The van der Waals surface area contributed by atoms with E-state index in [0.717, 1.165) is 25.1 Å². The Hall–Kier alpha value is -1.95. The van der Waals surface area contributed by atoms with Gasteiger partial charge < -0.3 is 10.2 Å². The van der Waals surface area contributed by atoms with Crippen molar-refractivity contribution in [2.75, 3.05) is 18.0 Å². The average Bonchev–Trinajstić information content (AvgIpc) is 2.55. The van der Waals surface area contributed by atoms with Gasteiger partial charge in [0.15, 0.2) is 0 Å². The maximum absolute atomic E-state index is 13.4. The molecule has 0 spiro atoms. The minimum absolute atomic E-state index is 0.0357. The maximum atomic E-state index is 13.4. The van der Waals surface area contributed by atoms with E-state index in [4.69, 9.17) is 0 Å². The molecule has 1 fully saturated rings. The number of nitrogens with one attached hydrogen (secondary N) is 1. The SMILES string of the molecule is O=C(NC1CCCN(c2cccc(F)c2)C1)c1ccc(F)cc1Br. The van der Waals surface area contributed by atoms with Crippen LogP contribution in [0.5, 0.6) is 0 Å². The van der Waals surface area contributed by atoms with Gasteiger partial charge in [0.05, 0.1) is 5.56 Å². The smallest absolute Gasteiger partial charge is 0.252 e. The predicted octanol–water partition coefficient (Wildman–Crippen LogP) is 4.13. The lowest BCUT2D eigenvalue weighted by atomic mass is 10.0. The Bertz CT molecular complexity index is 754. The van der Waals surface area contributed by atoms with Crippen molar-refractivity contribution in [2.24, 2.45) is 0 Å². The lowest BCUT2D eigenvalue weighted by Gasteiger charge is -2.34. The number of carbonyl (C=O) groups excluding carboxylic acids is 1. The van der Waals surface area contributed by atoms with Crippen LogP contribution in [0.1, 0.15) is 23.2 Å². The summed E-state index contributed by atoms with van der Waals surface area (Å²) in [5, 5.41) is 2.98. The van der Waals surface area contributed by atoms with Gasteiger partial charge in [-0.25, -0.2) is 8.78 Å². The zero-order valence-corrected chi connectivity index (χ0v) is 14.5. The van der Waals surface area contributed by atoms with Crippen LogP contribution in [0, 0.1) is 11.6 Å². The summed E-state index contributed by atoms with van der Waals surface area (Å²) in [5.74, 6) is -0.907. The van der Waals surface area contributed by atoms with Gasteiger partial charge in [0.25, 0.3) is 5.91 Å². The second-order valence-electron chi connectivity index (χ2n) is 5.86. The molecule has 24 heavy (non-hydrogen) atoms. The van der Waals surface area contributed by atoms with E-state index in [1.54, 1.807) is 6.07 Å². The Balaban J connectivity index is 1.68. The Morgan fingerprint density at radius 2 is 1.96 bits per heavy atom. The van der Waals surface area contributed by atoms with E-state index in [1.807, 2.05) is 6.07 Å². The van der Waals surface area contributed by atoms with Gasteiger partial charge in [0.2, 0.25) is 0 Å². The number of hydrogen-bond donors (Lipinski definition) is 1. The van der Waals surface area contributed by atoms with Gasteiger partial charge in [0.1, 0.15) is 11.6 Å². The molecule has 1 aliphatic heterocycles. The molecule has 3 nitrogen and oxygen atoms in total.